The van der Waals surface area contributed by atoms with Crippen LogP contribution in [0.1, 0.15) is 25.3 Å². The minimum Gasteiger partial charge on any atom is -0.341 e. The van der Waals surface area contributed by atoms with Crippen molar-refractivity contribution < 1.29 is 13.2 Å². The Morgan fingerprint density at radius 1 is 1.00 bits per heavy atom. The number of aromatic nitrogens is 1. The van der Waals surface area contributed by atoms with E-state index in [1.54, 1.807) is 18.2 Å². The van der Waals surface area contributed by atoms with Crippen molar-refractivity contribution in [3.8, 4) is 0 Å². The number of nitrogens with one attached hydrogen (secondary N) is 1. The second-order valence-electron chi connectivity index (χ2n) is 9.18. The molecule has 188 valence electrons. The summed E-state index contributed by atoms with van der Waals surface area (Å²) in [5, 5.41) is 5.95. The lowest BCUT2D eigenvalue weighted by Crippen LogP contribution is -2.44. The molecule has 1 N–H and O–H groups in total. The summed E-state index contributed by atoms with van der Waals surface area (Å²) >= 11 is 12.0. The molecule has 1 fully saturated rings. The number of hydrogen-bond acceptors (Lipinski definition) is 3. The van der Waals surface area contributed by atoms with Crippen LogP contribution in [0.2, 0.25) is 10.0 Å². The van der Waals surface area contributed by atoms with Crippen LogP contribution in [-0.4, -0.2) is 36.3 Å². The topological polar surface area (TPSA) is 71.4 Å². The fraction of sp³-hybridized carbons (Fsp3) is 0.296. The highest BCUT2D eigenvalue weighted by atomic mass is 35.5. The summed E-state index contributed by atoms with van der Waals surface area (Å²) in [5.41, 5.74) is 3.56. The zero-order valence-electron chi connectivity index (χ0n) is 19.9. The SMILES string of the molecule is CCn1c2ccccc2c2cc(NC(=O)[C@H]3CCCN(S(=O)(=O)Cc4ccc(Cl)c(Cl)c4)C3)ccc21. The van der Waals surface area contributed by atoms with Crippen molar-refractivity contribution in [2.75, 3.05) is 18.4 Å². The van der Waals surface area contributed by atoms with Gasteiger partial charge in [-0.3, -0.25) is 4.79 Å². The molecule has 1 saturated heterocycles. The number of carbonyl (C=O) groups is 1. The van der Waals surface area contributed by atoms with Crippen LogP contribution in [0.15, 0.2) is 60.7 Å². The lowest BCUT2D eigenvalue weighted by molar-refractivity contribution is -0.120. The molecular formula is C27H27Cl2N3O3S. The van der Waals surface area contributed by atoms with E-state index in [4.69, 9.17) is 23.2 Å². The van der Waals surface area contributed by atoms with E-state index in [1.807, 2.05) is 30.3 Å². The fourth-order valence-corrected chi connectivity index (χ4v) is 6.98. The van der Waals surface area contributed by atoms with Crippen molar-refractivity contribution in [2.45, 2.75) is 32.1 Å². The third kappa shape index (κ3) is 4.85. The van der Waals surface area contributed by atoms with E-state index in [1.165, 1.54) is 4.31 Å². The standard InChI is InChI=1S/C27H27Cl2N3O3S/c1-2-32-25-8-4-3-7-21(25)22-15-20(10-12-26(22)32)30-27(33)19-6-5-13-31(16-19)36(34,35)17-18-9-11-23(28)24(29)14-18/h3-4,7-12,14-15,19H,2,5-6,13,16-17H2,1H3,(H,30,33)/t19-/m0/s1. The second kappa shape index (κ2) is 10.1. The molecule has 1 aromatic heterocycles. The van der Waals surface area contributed by atoms with E-state index < -0.39 is 15.9 Å². The van der Waals surface area contributed by atoms with E-state index in [9.17, 15) is 13.2 Å². The Kier molecular flexibility index (Phi) is 7.01. The molecule has 1 atom stereocenters. The molecular weight excluding hydrogens is 517 g/mol. The molecule has 36 heavy (non-hydrogen) atoms. The lowest BCUT2D eigenvalue weighted by atomic mass is 9.98. The monoisotopic (exact) mass is 543 g/mol. The van der Waals surface area contributed by atoms with Crippen LogP contribution in [0.4, 0.5) is 5.69 Å². The van der Waals surface area contributed by atoms with Gasteiger partial charge in [-0.2, -0.15) is 0 Å². The van der Waals surface area contributed by atoms with Crippen LogP contribution in [-0.2, 0) is 27.1 Å². The molecule has 6 nitrogen and oxygen atoms in total. The maximum Gasteiger partial charge on any atom is 0.228 e. The van der Waals surface area contributed by atoms with Gasteiger partial charge in [0.25, 0.3) is 0 Å². The number of aryl methyl sites for hydroxylation is 1. The predicted molar refractivity (Wildman–Crippen MR) is 147 cm³/mol. The first kappa shape index (κ1) is 25.1. The molecule has 1 amide bonds. The number of rotatable bonds is 6. The number of para-hydroxylation sites is 1. The molecule has 4 aromatic rings. The van der Waals surface area contributed by atoms with Gasteiger partial charge in [0.2, 0.25) is 15.9 Å². The van der Waals surface area contributed by atoms with Gasteiger partial charge >= 0.3 is 0 Å². The Hall–Kier alpha value is -2.58. The summed E-state index contributed by atoms with van der Waals surface area (Å²) in [7, 11) is -3.61. The minimum absolute atomic E-state index is 0.160. The summed E-state index contributed by atoms with van der Waals surface area (Å²) in [4.78, 5) is 13.2. The molecule has 0 spiro atoms. The van der Waals surface area contributed by atoms with Gasteiger partial charge < -0.3 is 9.88 Å². The van der Waals surface area contributed by atoms with Crippen molar-refractivity contribution in [2.24, 2.45) is 5.92 Å². The summed E-state index contributed by atoms with van der Waals surface area (Å²) in [6.07, 6.45) is 1.27. The average Bonchev–Trinajstić information content (AvgIpc) is 3.19. The van der Waals surface area contributed by atoms with Gasteiger partial charge in [0.05, 0.1) is 21.7 Å². The molecule has 0 bridgehead atoms. The van der Waals surface area contributed by atoms with Crippen LogP contribution in [0.5, 0.6) is 0 Å². The molecule has 1 aliphatic heterocycles. The van der Waals surface area contributed by atoms with Gasteiger partial charge in [-0.1, -0.05) is 47.5 Å². The highest BCUT2D eigenvalue weighted by Crippen LogP contribution is 2.32. The van der Waals surface area contributed by atoms with Gasteiger partial charge in [0, 0.05) is 47.1 Å². The van der Waals surface area contributed by atoms with Crippen LogP contribution < -0.4 is 5.32 Å². The number of halogens is 2. The molecule has 5 rings (SSSR count). The Bertz CT molecular complexity index is 1570. The van der Waals surface area contributed by atoms with Crippen LogP contribution in [0.25, 0.3) is 21.8 Å². The molecule has 9 heteroatoms. The number of anilines is 1. The summed E-state index contributed by atoms with van der Waals surface area (Å²) in [6.45, 7) is 3.53. The summed E-state index contributed by atoms with van der Waals surface area (Å²) < 4.78 is 29.9. The first-order valence-electron chi connectivity index (χ1n) is 12.0. The van der Waals surface area contributed by atoms with E-state index in [0.29, 0.717) is 40.7 Å². The van der Waals surface area contributed by atoms with E-state index in [2.05, 4.69) is 28.9 Å². The Morgan fingerprint density at radius 2 is 1.78 bits per heavy atom. The van der Waals surface area contributed by atoms with Crippen molar-refractivity contribution >= 4 is 66.6 Å². The van der Waals surface area contributed by atoms with E-state index >= 15 is 0 Å². The lowest BCUT2D eigenvalue weighted by Gasteiger charge is -2.31. The Balaban J connectivity index is 1.32. The quantitative estimate of drug-likeness (QED) is 0.310. The van der Waals surface area contributed by atoms with Gasteiger partial charge in [-0.15, -0.1) is 0 Å². The molecule has 2 heterocycles. The smallest absolute Gasteiger partial charge is 0.228 e. The molecule has 0 saturated carbocycles. The number of nitrogens with zero attached hydrogens (tertiary/aromatic N) is 2. The van der Waals surface area contributed by atoms with E-state index in [-0.39, 0.29) is 18.2 Å². The van der Waals surface area contributed by atoms with Crippen molar-refractivity contribution in [3.63, 3.8) is 0 Å². The van der Waals surface area contributed by atoms with Gasteiger partial charge in [0.15, 0.2) is 0 Å². The van der Waals surface area contributed by atoms with Crippen LogP contribution in [0.3, 0.4) is 0 Å². The predicted octanol–water partition coefficient (Wildman–Crippen LogP) is 6.30. The first-order chi connectivity index (χ1) is 17.3. The third-order valence-electron chi connectivity index (χ3n) is 6.84. The van der Waals surface area contributed by atoms with Crippen LogP contribution in [0, 0.1) is 5.92 Å². The Morgan fingerprint density at radius 3 is 2.56 bits per heavy atom. The number of carbonyl (C=O) groups excluding carboxylic acids is 1. The zero-order valence-corrected chi connectivity index (χ0v) is 22.2. The third-order valence-corrected chi connectivity index (χ3v) is 9.39. The van der Waals surface area contributed by atoms with Crippen molar-refractivity contribution in [1.29, 1.82) is 0 Å². The fourth-order valence-electron chi connectivity index (χ4n) is 5.06. The van der Waals surface area contributed by atoms with Gasteiger partial charge in [-0.05, 0) is 61.7 Å². The summed E-state index contributed by atoms with van der Waals surface area (Å²) in [6, 6.07) is 19.0. The number of amides is 1. The number of piperidine rings is 1. The molecule has 3 aromatic carbocycles. The van der Waals surface area contributed by atoms with E-state index in [0.717, 1.165) is 28.4 Å². The normalized spacial score (nSPS) is 17.0. The zero-order chi connectivity index (χ0) is 25.4. The van der Waals surface area contributed by atoms with Gasteiger partial charge in [0.1, 0.15) is 0 Å². The van der Waals surface area contributed by atoms with Crippen LogP contribution >= 0.6 is 23.2 Å². The highest BCUT2D eigenvalue weighted by Gasteiger charge is 2.32. The molecule has 1 aliphatic rings. The number of hydrogen-bond donors (Lipinski definition) is 1. The number of fused-ring (bicyclic) bond motifs is 3. The maximum atomic E-state index is 13.2. The first-order valence-corrected chi connectivity index (χ1v) is 14.4. The highest BCUT2D eigenvalue weighted by molar-refractivity contribution is 7.88. The van der Waals surface area contributed by atoms with Crippen molar-refractivity contribution in [3.05, 3.63) is 76.3 Å². The number of benzene rings is 3. The Labute approximate surface area is 220 Å². The van der Waals surface area contributed by atoms with Gasteiger partial charge in [-0.25, -0.2) is 12.7 Å². The second-order valence-corrected chi connectivity index (χ2v) is 12.0. The number of sulfonamides is 1. The van der Waals surface area contributed by atoms with Crippen molar-refractivity contribution in [1.82, 2.24) is 8.87 Å². The minimum atomic E-state index is -3.61. The maximum absolute atomic E-state index is 13.2. The molecule has 0 unspecified atom stereocenters. The summed E-state index contributed by atoms with van der Waals surface area (Å²) in [5.74, 6) is -0.769. The molecule has 0 aliphatic carbocycles. The average molecular weight is 545 g/mol. The largest absolute Gasteiger partial charge is 0.341 e. The molecule has 0 radical (unpaired) electrons.